The predicted octanol–water partition coefficient (Wildman–Crippen LogP) is 2.65. The van der Waals surface area contributed by atoms with E-state index in [4.69, 9.17) is 9.47 Å². The van der Waals surface area contributed by atoms with Crippen LogP contribution in [0.4, 0.5) is 0 Å². The van der Waals surface area contributed by atoms with Crippen LogP contribution in [0.1, 0.15) is 25.3 Å². The van der Waals surface area contributed by atoms with Crippen LogP contribution in [0, 0.1) is 0 Å². The zero-order valence-corrected chi connectivity index (χ0v) is 12.2. The van der Waals surface area contributed by atoms with Gasteiger partial charge in [-0.1, -0.05) is 37.3 Å². The molecular weight excluding hydrogens is 238 g/mol. The monoisotopic (exact) mass is 265 g/mol. The summed E-state index contributed by atoms with van der Waals surface area (Å²) >= 11 is 0. The van der Waals surface area contributed by atoms with Crippen molar-refractivity contribution in [1.82, 2.24) is 5.32 Å². The van der Waals surface area contributed by atoms with E-state index in [1.54, 1.807) is 7.11 Å². The van der Waals surface area contributed by atoms with E-state index in [9.17, 15) is 0 Å². The molecular formula is C16H27NO2. The smallest absolute Gasteiger partial charge is 0.0700 e. The lowest BCUT2D eigenvalue weighted by Gasteiger charge is -2.17. The first-order valence-electron chi connectivity index (χ1n) is 7.20. The summed E-state index contributed by atoms with van der Waals surface area (Å²) in [4.78, 5) is 0. The fourth-order valence-electron chi connectivity index (χ4n) is 1.98. The molecule has 1 unspecified atom stereocenters. The van der Waals surface area contributed by atoms with E-state index in [1.165, 1.54) is 5.56 Å². The van der Waals surface area contributed by atoms with Crippen molar-refractivity contribution < 1.29 is 9.47 Å². The molecule has 0 aromatic heterocycles. The molecule has 19 heavy (non-hydrogen) atoms. The van der Waals surface area contributed by atoms with E-state index in [2.05, 4.69) is 42.6 Å². The highest BCUT2D eigenvalue weighted by Gasteiger charge is 2.05. The molecule has 3 nitrogen and oxygen atoms in total. The summed E-state index contributed by atoms with van der Waals surface area (Å²) in [6.07, 6.45) is 3.30. The minimum atomic E-state index is 0.557. The Morgan fingerprint density at radius 3 is 2.58 bits per heavy atom. The molecule has 1 atom stereocenters. The van der Waals surface area contributed by atoms with E-state index < -0.39 is 0 Å². The van der Waals surface area contributed by atoms with Crippen LogP contribution in [-0.4, -0.2) is 39.5 Å². The summed E-state index contributed by atoms with van der Waals surface area (Å²) < 4.78 is 10.4. The third-order valence-corrected chi connectivity index (χ3v) is 3.15. The van der Waals surface area contributed by atoms with Gasteiger partial charge in [0.1, 0.15) is 0 Å². The molecule has 0 amide bonds. The van der Waals surface area contributed by atoms with E-state index in [0.717, 1.165) is 32.4 Å². The Morgan fingerprint density at radius 1 is 1.11 bits per heavy atom. The topological polar surface area (TPSA) is 30.5 Å². The Morgan fingerprint density at radius 2 is 1.89 bits per heavy atom. The van der Waals surface area contributed by atoms with Gasteiger partial charge in [0.2, 0.25) is 0 Å². The number of ether oxygens (including phenoxy) is 2. The molecule has 0 aliphatic carbocycles. The number of rotatable bonds is 11. The molecule has 0 saturated carbocycles. The molecule has 0 bridgehead atoms. The van der Waals surface area contributed by atoms with Crippen LogP contribution in [-0.2, 0) is 15.9 Å². The van der Waals surface area contributed by atoms with Crippen molar-refractivity contribution in [2.45, 2.75) is 32.2 Å². The molecule has 0 radical (unpaired) electrons. The summed E-state index contributed by atoms with van der Waals surface area (Å²) in [7, 11) is 1.69. The molecule has 1 aromatic rings. The minimum absolute atomic E-state index is 0.557. The first kappa shape index (κ1) is 16.2. The normalized spacial score (nSPS) is 12.5. The molecule has 1 aromatic carbocycles. The van der Waals surface area contributed by atoms with Crippen molar-refractivity contribution in [1.29, 1.82) is 0 Å². The lowest BCUT2D eigenvalue weighted by molar-refractivity contribution is 0.0692. The summed E-state index contributed by atoms with van der Waals surface area (Å²) in [5.74, 6) is 0. The zero-order chi connectivity index (χ0) is 13.8. The first-order chi connectivity index (χ1) is 9.36. The summed E-state index contributed by atoms with van der Waals surface area (Å²) in [6, 6.07) is 11.2. The molecule has 0 heterocycles. The van der Waals surface area contributed by atoms with Gasteiger partial charge in [0.05, 0.1) is 13.2 Å². The molecule has 0 saturated heterocycles. The van der Waals surface area contributed by atoms with Crippen LogP contribution in [0.5, 0.6) is 0 Å². The average molecular weight is 265 g/mol. The van der Waals surface area contributed by atoms with E-state index in [1.807, 2.05) is 0 Å². The largest absolute Gasteiger partial charge is 0.382 e. The van der Waals surface area contributed by atoms with Crippen molar-refractivity contribution in [3.05, 3.63) is 35.9 Å². The van der Waals surface area contributed by atoms with Gasteiger partial charge in [-0.25, -0.2) is 0 Å². The second-order valence-electron chi connectivity index (χ2n) is 4.71. The Kier molecular flexibility index (Phi) is 9.33. The maximum absolute atomic E-state index is 5.44. The lowest BCUT2D eigenvalue weighted by Crippen LogP contribution is -2.31. The molecule has 0 spiro atoms. The quantitative estimate of drug-likeness (QED) is 0.624. The van der Waals surface area contributed by atoms with Gasteiger partial charge in [0.25, 0.3) is 0 Å². The van der Waals surface area contributed by atoms with Crippen molar-refractivity contribution >= 4 is 0 Å². The maximum atomic E-state index is 5.44. The van der Waals surface area contributed by atoms with E-state index in [-0.39, 0.29) is 0 Å². The van der Waals surface area contributed by atoms with Crippen LogP contribution >= 0.6 is 0 Å². The van der Waals surface area contributed by atoms with E-state index >= 15 is 0 Å². The summed E-state index contributed by atoms with van der Waals surface area (Å²) in [6.45, 7) is 5.42. The Labute approximate surface area is 117 Å². The molecule has 1 N–H and O–H groups in total. The Hall–Kier alpha value is -0.900. The van der Waals surface area contributed by atoms with Gasteiger partial charge in [-0.2, -0.15) is 0 Å². The van der Waals surface area contributed by atoms with E-state index in [0.29, 0.717) is 19.3 Å². The highest BCUT2D eigenvalue weighted by molar-refractivity contribution is 5.15. The number of methoxy groups -OCH3 is 1. The van der Waals surface area contributed by atoms with Crippen molar-refractivity contribution in [2.75, 3.05) is 33.5 Å². The standard InChI is InChI=1S/C16H27NO2/c1-3-16(14-15-8-5-4-6-9-15)17-10-7-11-19-13-12-18-2/h4-6,8-9,16-17H,3,7,10-14H2,1-2H3. The molecule has 0 fully saturated rings. The van der Waals surface area contributed by atoms with Crippen LogP contribution in [0.25, 0.3) is 0 Å². The SMILES string of the molecule is CCC(Cc1ccccc1)NCCCOCCOC. The number of benzene rings is 1. The number of hydrogen-bond donors (Lipinski definition) is 1. The Balaban J connectivity index is 2.09. The second kappa shape index (κ2) is 11.0. The molecule has 0 aliphatic rings. The van der Waals surface area contributed by atoms with Crippen molar-refractivity contribution in [2.24, 2.45) is 0 Å². The van der Waals surface area contributed by atoms with Crippen LogP contribution in [0.15, 0.2) is 30.3 Å². The van der Waals surface area contributed by atoms with Gasteiger partial charge >= 0.3 is 0 Å². The average Bonchev–Trinajstić information content (AvgIpc) is 2.46. The first-order valence-corrected chi connectivity index (χ1v) is 7.20. The zero-order valence-electron chi connectivity index (χ0n) is 12.2. The van der Waals surface area contributed by atoms with Crippen molar-refractivity contribution in [3.8, 4) is 0 Å². The predicted molar refractivity (Wildman–Crippen MR) is 79.5 cm³/mol. The molecule has 108 valence electrons. The fraction of sp³-hybridized carbons (Fsp3) is 0.625. The van der Waals surface area contributed by atoms with Crippen molar-refractivity contribution in [3.63, 3.8) is 0 Å². The number of nitrogens with one attached hydrogen (secondary N) is 1. The molecule has 1 rings (SSSR count). The summed E-state index contributed by atoms with van der Waals surface area (Å²) in [5.41, 5.74) is 1.40. The van der Waals surface area contributed by atoms with Gasteiger partial charge in [0, 0.05) is 19.8 Å². The Bertz CT molecular complexity index is 303. The lowest BCUT2D eigenvalue weighted by atomic mass is 10.0. The fourth-order valence-corrected chi connectivity index (χ4v) is 1.98. The molecule has 3 heteroatoms. The third-order valence-electron chi connectivity index (χ3n) is 3.15. The highest BCUT2D eigenvalue weighted by atomic mass is 16.5. The summed E-state index contributed by atoms with van der Waals surface area (Å²) in [5, 5.41) is 3.60. The second-order valence-corrected chi connectivity index (χ2v) is 4.71. The van der Waals surface area contributed by atoms with Gasteiger partial charge < -0.3 is 14.8 Å². The van der Waals surface area contributed by atoms with Crippen LogP contribution < -0.4 is 5.32 Å². The third kappa shape index (κ3) is 7.98. The molecule has 0 aliphatic heterocycles. The van der Waals surface area contributed by atoms with Gasteiger partial charge in [-0.15, -0.1) is 0 Å². The van der Waals surface area contributed by atoms with Gasteiger partial charge in [-0.3, -0.25) is 0 Å². The maximum Gasteiger partial charge on any atom is 0.0700 e. The minimum Gasteiger partial charge on any atom is -0.382 e. The van der Waals surface area contributed by atoms with Crippen LogP contribution in [0.3, 0.4) is 0 Å². The highest BCUT2D eigenvalue weighted by Crippen LogP contribution is 2.05. The van der Waals surface area contributed by atoms with Gasteiger partial charge in [0.15, 0.2) is 0 Å². The number of hydrogen-bond acceptors (Lipinski definition) is 3. The van der Waals surface area contributed by atoms with Gasteiger partial charge in [-0.05, 0) is 31.4 Å². The van der Waals surface area contributed by atoms with Crippen LogP contribution in [0.2, 0.25) is 0 Å².